The lowest BCUT2D eigenvalue weighted by Crippen LogP contribution is -2.11. The lowest BCUT2D eigenvalue weighted by atomic mass is 10.1. The quantitative estimate of drug-likeness (QED) is 0.394. The van der Waals surface area contributed by atoms with E-state index in [0.717, 1.165) is 5.56 Å². The van der Waals surface area contributed by atoms with Gasteiger partial charge in [-0.25, -0.2) is 9.97 Å². The van der Waals surface area contributed by atoms with Crippen LogP contribution in [0.2, 0.25) is 0 Å². The molecule has 9 nitrogen and oxygen atoms in total. The van der Waals surface area contributed by atoms with Gasteiger partial charge in [-0.3, -0.25) is 14.9 Å². The smallest absolute Gasteiger partial charge is 0.353 e. The first kappa shape index (κ1) is 19.7. The largest absolute Gasteiger partial charge is 0.364 e. The molecule has 0 atom stereocenters. The molecule has 0 unspecified atom stereocenters. The van der Waals surface area contributed by atoms with Crippen molar-refractivity contribution in [3.8, 4) is 0 Å². The maximum atomic E-state index is 11.6. The molecule has 0 fully saturated rings. The number of anilines is 4. The number of amides is 1. The zero-order valence-corrected chi connectivity index (χ0v) is 15.8. The van der Waals surface area contributed by atoms with Gasteiger partial charge in [-0.05, 0) is 36.2 Å². The molecule has 0 bridgehead atoms. The molecule has 0 saturated carbocycles. The van der Waals surface area contributed by atoms with E-state index in [1.165, 1.54) is 13.3 Å². The van der Waals surface area contributed by atoms with Crippen LogP contribution < -0.4 is 16.0 Å². The second-order valence-electron chi connectivity index (χ2n) is 6.22. The van der Waals surface area contributed by atoms with Gasteiger partial charge in [0.2, 0.25) is 17.5 Å². The van der Waals surface area contributed by atoms with E-state index in [4.69, 9.17) is 0 Å². The van der Waals surface area contributed by atoms with Crippen molar-refractivity contribution in [1.29, 1.82) is 0 Å². The Morgan fingerprint density at radius 3 is 2.31 bits per heavy atom. The summed E-state index contributed by atoms with van der Waals surface area (Å²) in [5.41, 5.74) is 2.11. The van der Waals surface area contributed by atoms with Crippen molar-refractivity contribution >= 4 is 34.6 Å². The van der Waals surface area contributed by atoms with Crippen molar-refractivity contribution in [1.82, 2.24) is 9.97 Å². The Kier molecular flexibility index (Phi) is 6.31. The molecular formula is C20H20N6O3. The van der Waals surface area contributed by atoms with Crippen molar-refractivity contribution in [2.75, 3.05) is 22.5 Å². The van der Waals surface area contributed by atoms with E-state index in [1.807, 2.05) is 30.3 Å². The van der Waals surface area contributed by atoms with Gasteiger partial charge in [-0.1, -0.05) is 30.3 Å². The molecule has 3 rings (SSSR count). The zero-order chi connectivity index (χ0) is 20.6. The minimum atomic E-state index is -0.515. The van der Waals surface area contributed by atoms with Crippen molar-refractivity contribution in [2.24, 2.45) is 0 Å². The van der Waals surface area contributed by atoms with Crippen LogP contribution in [-0.4, -0.2) is 27.3 Å². The highest BCUT2D eigenvalue weighted by Crippen LogP contribution is 2.31. The molecule has 2 aromatic carbocycles. The number of aromatic nitrogens is 2. The van der Waals surface area contributed by atoms with Crippen LogP contribution in [0.15, 0.2) is 60.9 Å². The van der Waals surface area contributed by atoms with Crippen LogP contribution in [0.3, 0.4) is 0 Å². The summed E-state index contributed by atoms with van der Waals surface area (Å²) in [5, 5.41) is 20.3. The summed E-state index contributed by atoms with van der Waals surface area (Å²) in [6, 6.07) is 16.6. The van der Waals surface area contributed by atoms with E-state index < -0.39 is 4.92 Å². The molecule has 1 heterocycles. The molecular weight excluding hydrogens is 372 g/mol. The van der Waals surface area contributed by atoms with Gasteiger partial charge >= 0.3 is 5.69 Å². The average molecular weight is 392 g/mol. The Bertz CT molecular complexity index is 993. The van der Waals surface area contributed by atoms with Crippen molar-refractivity contribution < 1.29 is 9.72 Å². The van der Waals surface area contributed by atoms with Crippen molar-refractivity contribution in [2.45, 2.75) is 13.3 Å². The number of nitrogens with zero attached hydrogens (tertiary/aromatic N) is 3. The molecule has 0 aliphatic carbocycles. The summed E-state index contributed by atoms with van der Waals surface area (Å²) in [5.74, 6) is 0.0566. The standard InChI is InChI=1S/C20H20N6O3/c1-14(27)24-16-7-9-17(10-8-16)25-20-18(26(28)29)19(22-13-23-20)21-12-11-15-5-3-2-4-6-15/h2-10,13H,11-12H2,1H3,(H,24,27)(H2,21,22,23,25). The second kappa shape index (κ2) is 9.27. The van der Waals surface area contributed by atoms with Crippen LogP contribution in [-0.2, 0) is 11.2 Å². The summed E-state index contributed by atoms with van der Waals surface area (Å²) in [4.78, 5) is 30.3. The van der Waals surface area contributed by atoms with Gasteiger partial charge in [0.05, 0.1) is 4.92 Å². The molecule has 29 heavy (non-hydrogen) atoms. The lowest BCUT2D eigenvalue weighted by molar-refractivity contribution is -0.383. The fourth-order valence-corrected chi connectivity index (χ4v) is 2.72. The van der Waals surface area contributed by atoms with Gasteiger partial charge in [0, 0.05) is 24.8 Å². The van der Waals surface area contributed by atoms with E-state index in [1.54, 1.807) is 24.3 Å². The van der Waals surface area contributed by atoms with Crippen LogP contribution in [0.25, 0.3) is 0 Å². The third-order valence-electron chi connectivity index (χ3n) is 4.02. The Labute approximate surface area is 167 Å². The number of carbonyl (C=O) groups excluding carboxylic acids is 1. The summed E-state index contributed by atoms with van der Waals surface area (Å²) >= 11 is 0. The molecule has 0 saturated heterocycles. The predicted octanol–water partition coefficient (Wildman–Crippen LogP) is 3.74. The first-order chi connectivity index (χ1) is 14.0. The summed E-state index contributed by atoms with van der Waals surface area (Å²) in [7, 11) is 0. The third kappa shape index (κ3) is 5.48. The molecule has 3 aromatic rings. The van der Waals surface area contributed by atoms with Gasteiger partial charge in [-0.2, -0.15) is 0 Å². The Morgan fingerprint density at radius 2 is 1.66 bits per heavy atom. The van der Waals surface area contributed by atoms with Gasteiger partial charge in [0.15, 0.2) is 0 Å². The predicted molar refractivity (Wildman–Crippen MR) is 111 cm³/mol. The molecule has 0 spiro atoms. The number of hydrogen-bond acceptors (Lipinski definition) is 7. The number of rotatable bonds is 8. The molecule has 3 N–H and O–H groups in total. The van der Waals surface area contributed by atoms with Crippen LogP contribution >= 0.6 is 0 Å². The molecule has 9 heteroatoms. The van der Waals surface area contributed by atoms with Crippen molar-refractivity contribution in [3.63, 3.8) is 0 Å². The van der Waals surface area contributed by atoms with Crippen LogP contribution in [0.4, 0.5) is 28.7 Å². The molecule has 0 aliphatic heterocycles. The average Bonchev–Trinajstić information content (AvgIpc) is 2.70. The topological polar surface area (TPSA) is 122 Å². The highest BCUT2D eigenvalue weighted by molar-refractivity contribution is 5.89. The number of benzene rings is 2. The first-order valence-corrected chi connectivity index (χ1v) is 8.95. The van der Waals surface area contributed by atoms with E-state index in [0.29, 0.717) is 24.3 Å². The Hall–Kier alpha value is -4.01. The molecule has 148 valence electrons. The zero-order valence-electron chi connectivity index (χ0n) is 15.8. The molecule has 1 amide bonds. The number of carbonyl (C=O) groups is 1. The summed E-state index contributed by atoms with van der Waals surface area (Å²) in [6.45, 7) is 1.91. The molecule has 1 aromatic heterocycles. The maximum Gasteiger partial charge on any atom is 0.353 e. The van der Waals surface area contributed by atoms with Gasteiger partial charge < -0.3 is 16.0 Å². The fourth-order valence-electron chi connectivity index (χ4n) is 2.72. The van der Waals surface area contributed by atoms with Crippen LogP contribution in [0, 0.1) is 10.1 Å². The van der Waals surface area contributed by atoms with E-state index >= 15 is 0 Å². The highest BCUT2D eigenvalue weighted by atomic mass is 16.6. The minimum absolute atomic E-state index is 0.0829. The van der Waals surface area contributed by atoms with E-state index in [-0.39, 0.29) is 23.2 Å². The summed E-state index contributed by atoms with van der Waals surface area (Å²) < 4.78 is 0. The van der Waals surface area contributed by atoms with Gasteiger partial charge in [0.25, 0.3) is 0 Å². The SMILES string of the molecule is CC(=O)Nc1ccc(Nc2ncnc(NCCc3ccccc3)c2[N+](=O)[O-])cc1. The number of hydrogen-bond donors (Lipinski definition) is 3. The highest BCUT2D eigenvalue weighted by Gasteiger charge is 2.23. The molecule has 0 aliphatic rings. The summed E-state index contributed by atoms with van der Waals surface area (Å²) in [6.07, 6.45) is 1.97. The minimum Gasteiger partial charge on any atom is -0.364 e. The van der Waals surface area contributed by atoms with Crippen LogP contribution in [0.1, 0.15) is 12.5 Å². The first-order valence-electron chi connectivity index (χ1n) is 8.95. The maximum absolute atomic E-state index is 11.6. The van der Waals surface area contributed by atoms with Gasteiger partial charge in [0.1, 0.15) is 6.33 Å². The Balaban J connectivity index is 1.74. The number of nitro groups is 1. The van der Waals surface area contributed by atoms with Crippen LogP contribution in [0.5, 0.6) is 0 Å². The van der Waals surface area contributed by atoms with E-state index in [9.17, 15) is 14.9 Å². The fraction of sp³-hybridized carbons (Fsp3) is 0.150. The van der Waals surface area contributed by atoms with Crippen molar-refractivity contribution in [3.05, 3.63) is 76.6 Å². The second-order valence-corrected chi connectivity index (χ2v) is 6.22. The number of nitrogens with one attached hydrogen (secondary N) is 3. The monoisotopic (exact) mass is 392 g/mol. The molecule has 0 radical (unpaired) electrons. The lowest BCUT2D eigenvalue weighted by Gasteiger charge is -2.11. The van der Waals surface area contributed by atoms with E-state index in [2.05, 4.69) is 25.9 Å². The third-order valence-corrected chi connectivity index (χ3v) is 4.02. The van der Waals surface area contributed by atoms with Gasteiger partial charge in [-0.15, -0.1) is 0 Å². The normalized spacial score (nSPS) is 10.2. The Morgan fingerprint density at radius 1 is 1.00 bits per heavy atom.